The first-order chi connectivity index (χ1) is 17.4. The first-order valence-corrected chi connectivity index (χ1v) is 11.3. The summed E-state index contributed by atoms with van der Waals surface area (Å²) in [6.45, 7) is 1.86. The van der Waals surface area contributed by atoms with Crippen LogP contribution >= 0.6 is 0 Å². The summed E-state index contributed by atoms with van der Waals surface area (Å²) in [6, 6.07) is 20.1. The second kappa shape index (κ2) is 9.23. The van der Waals surface area contributed by atoms with Crippen molar-refractivity contribution in [3.63, 3.8) is 0 Å². The number of esters is 1. The van der Waals surface area contributed by atoms with Crippen LogP contribution in [0.2, 0.25) is 0 Å². The Bertz CT molecular complexity index is 1360. The molecule has 0 saturated carbocycles. The molecule has 0 radical (unpaired) electrons. The van der Waals surface area contributed by atoms with E-state index in [0.29, 0.717) is 11.3 Å². The highest BCUT2D eigenvalue weighted by atomic mass is 16.7. The van der Waals surface area contributed by atoms with Crippen molar-refractivity contribution in [3.05, 3.63) is 100 Å². The lowest BCUT2D eigenvalue weighted by atomic mass is 9.90. The number of non-ortho nitro benzene ring substituents is 1. The number of amides is 2. The van der Waals surface area contributed by atoms with E-state index in [9.17, 15) is 24.5 Å². The number of nitro groups is 1. The molecule has 3 unspecified atom stereocenters. The van der Waals surface area contributed by atoms with Gasteiger partial charge in [-0.2, -0.15) is 0 Å². The molecule has 0 spiro atoms. The lowest BCUT2D eigenvalue weighted by Gasteiger charge is -2.28. The van der Waals surface area contributed by atoms with Gasteiger partial charge in [-0.3, -0.25) is 24.5 Å². The second-order valence-electron chi connectivity index (χ2n) is 8.29. The van der Waals surface area contributed by atoms with Gasteiger partial charge in [-0.1, -0.05) is 36.4 Å². The number of ether oxygens (including phenoxy) is 1. The van der Waals surface area contributed by atoms with Crippen LogP contribution in [0.1, 0.15) is 28.9 Å². The zero-order valence-corrected chi connectivity index (χ0v) is 19.1. The van der Waals surface area contributed by atoms with Gasteiger partial charge in [-0.05, 0) is 42.8 Å². The first-order valence-electron chi connectivity index (χ1n) is 11.3. The zero-order chi connectivity index (χ0) is 25.4. The fraction of sp³-hybridized carbons (Fsp3) is 0.192. The maximum absolute atomic E-state index is 13.7. The monoisotopic (exact) mass is 487 g/mol. The summed E-state index contributed by atoms with van der Waals surface area (Å²) in [4.78, 5) is 57.4. The van der Waals surface area contributed by atoms with Gasteiger partial charge in [0, 0.05) is 12.1 Å². The molecule has 2 heterocycles. The Morgan fingerprint density at radius 1 is 0.972 bits per heavy atom. The fourth-order valence-electron chi connectivity index (χ4n) is 4.62. The molecule has 3 atom stereocenters. The van der Waals surface area contributed by atoms with Crippen molar-refractivity contribution in [2.75, 3.05) is 16.6 Å². The third-order valence-electron chi connectivity index (χ3n) is 6.16. The highest BCUT2D eigenvalue weighted by Gasteiger charge is 2.60. The van der Waals surface area contributed by atoms with Crippen LogP contribution < -0.4 is 9.96 Å². The molecule has 182 valence electrons. The number of hydrogen-bond acceptors (Lipinski definition) is 8. The number of carbonyl (C=O) groups excluding carboxylic acids is 3. The molecule has 0 bridgehead atoms. The fourth-order valence-corrected chi connectivity index (χ4v) is 4.62. The summed E-state index contributed by atoms with van der Waals surface area (Å²) in [5.41, 5.74) is 1.34. The van der Waals surface area contributed by atoms with E-state index in [1.165, 1.54) is 35.4 Å². The summed E-state index contributed by atoms with van der Waals surface area (Å²) in [7, 11) is 0. The van der Waals surface area contributed by atoms with Crippen molar-refractivity contribution >= 4 is 34.8 Å². The minimum absolute atomic E-state index is 0.139. The Hall–Kier alpha value is -4.57. The number of rotatable bonds is 6. The summed E-state index contributed by atoms with van der Waals surface area (Å²) in [6.07, 6.45) is -1.15. The molecule has 2 aliphatic rings. The van der Waals surface area contributed by atoms with Gasteiger partial charge in [0.2, 0.25) is 5.91 Å². The van der Waals surface area contributed by atoms with Crippen LogP contribution in [0.4, 0.5) is 17.1 Å². The molecule has 2 amide bonds. The quantitative estimate of drug-likeness (QED) is 0.223. The SMILES string of the molecule is CCOC(=O)c1cccc(N2C(=O)C3ON(c4ccccc4)C(c4cccc([N+](=O)[O-])c4)C3C2=O)c1. The van der Waals surface area contributed by atoms with E-state index in [4.69, 9.17) is 9.57 Å². The standard InChI is InChI=1S/C26H21N3O7/c1-2-35-26(32)17-9-7-12-19(15-17)27-24(30)21-22(16-8-6-13-20(14-16)29(33)34)28(36-23(21)25(27)31)18-10-4-3-5-11-18/h3-15,21-23H,2H2,1H3. The number of hydrogen-bond donors (Lipinski definition) is 0. The first kappa shape index (κ1) is 23.2. The van der Waals surface area contributed by atoms with Crippen molar-refractivity contribution < 1.29 is 28.9 Å². The molecule has 2 fully saturated rings. The Morgan fingerprint density at radius 3 is 2.42 bits per heavy atom. The van der Waals surface area contributed by atoms with Crippen molar-refractivity contribution in [1.82, 2.24) is 0 Å². The molecule has 3 aromatic carbocycles. The lowest BCUT2D eigenvalue weighted by molar-refractivity contribution is -0.384. The molecule has 5 rings (SSSR count). The van der Waals surface area contributed by atoms with Crippen molar-refractivity contribution in [1.29, 1.82) is 0 Å². The molecule has 2 saturated heterocycles. The van der Waals surface area contributed by atoms with Crippen LogP contribution in [0.3, 0.4) is 0 Å². The molecule has 10 nitrogen and oxygen atoms in total. The summed E-state index contributed by atoms with van der Waals surface area (Å²) in [5, 5.41) is 12.9. The predicted molar refractivity (Wildman–Crippen MR) is 128 cm³/mol. The van der Waals surface area contributed by atoms with Gasteiger partial charge in [-0.25, -0.2) is 14.8 Å². The van der Waals surface area contributed by atoms with E-state index in [-0.39, 0.29) is 23.5 Å². The number of para-hydroxylation sites is 1. The normalized spacial score (nSPS) is 21.0. The van der Waals surface area contributed by atoms with Gasteiger partial charge in [-0.15, -0.1) is 0 Å². The molecule has 0 aliphatic carbocycles. The maximum atomic E-state index is 13.7. The predicted octanol–water partition coefficient (Wildman–Crippen LogP) is 3.82. The summed E-state index contributed by atoms with van der Waals surface area (Å²) in [5.74, 6) is -2.65. The number of anilines is 2. The Balaban J connectivity index is 1.56. The topological polar surface area (TPSA) is 119 Å². The van der Waals surface area contributed by atoms with Crippen LogP contribution in [0.5, 0.6) is 0 Å². The minimum atomic E-state index is -1.15. The average molecular weight is 487 g/mol. The van der Waals surface area contributed by atoms with Gasteiger partial charge in [0.25, 0.3) is 11.6 Å². The van der Waals surface area contributed by atoms with Gasteiger partial charge < -0.3 is 4.74 Å². The van der Waals surface area contributed by atoms with Crippen molar-refractivity contribution in [2.24, 2.45) is 5.92 Å². The number of imide groups is 1. The Kier molecular flexibility index (Phi) is 5.95. The van der Waals surface area contributed by atoms with E-state index in [2.05, 4.69) is 0 Å². The molecule has 3 aromatic rings. The van der Waals surface area contributed by atoms with Gasteiger partial charge >= 0.3 is 5.97 Å². The molecule has 36 heavy (non-hydrogen) atoms. The minimum Gasteiger partial charge on any atom is -0.462 e. The maximum Gasteiger partial charge on any atom is 0.338 e. The number of nitrogens with zero attached hydrogens (tertiary/aromatic N) is 3. The van der Waals surface area contributed by atoms with Gasteiger partial charge in [0.15, 0.2) is 6.10 Å². The number of nitro benzene ring substituents is 1. The molecule has 10 heteroatoms. The second-order valence-corrected chi connectivity index (χ2v) is 8.29. The Morgan fingerprint density at radius 2 is 1.69 bits per heavy atom. The van der Waals surface area contributed by atoms with Crippen LogP contribution in [0.15, 0.2) is 78.9 Å². The van der Waals surface area contributed by atoms with Crippen LogP contribution in [-0.4, -0.2) is 35.4 Å². The third-order valence-corrected chi connectivity index (χ3v) is 6.16. The Labute approximate surface area is 205 Å². The van der Waals surface area contributed by atoms with Crippen molar-refractivity contribution in [3.8, 4) is 0 Å². The van der Waals surface area contributed by atoms with E-state index < -0.39 is 40.8 Å². The average Bonchev–Trinajstić information content (AvgIpc) is 3.40. The molecule has 0 N–H and O–H groups in total. The van der Waals surface area contributed by atoms with Crippen LogP contribution in [-0.2, 0) is 19.2 Å². The van der Waals surface area contributed by atoms with Gasteiger partial charge in [0.05, 0.1) is 34.5 Å². The number of carbonyl (C=O) groups is 3. The van der Waals surface area contributed by atoms with E-state index in [0.717, 1.165) is 4.90 Å². The smallest absolute Gasteiger partial charge is 0.338 e. The van der Waals surface area contributed by atoms with Crippen molar-refractivity contribution in [2.45, 2.75) is 19.1 Å². The molecular weight excluding hydrogens is 466 g/mol. The molecule has 2 aliphatic heterocycles. The zero-order valence-electron chi connectivity index (χ0n) is 19.1. The van der Waals surface area contributed by atoms with Gasteiger partial charge in [0.1, 0.15) is 5.92 Å². The van der Waals surface area contributed by atoms with E-state index >= 15 is 0 Å². The lowest BCUT2D eigenvalue weighted by Crippen LogP contribution is -2.37. The largest absolute Gasteiger partial charge is 0.462 e. The summed E-state index contributed by atoms with van der Waals surface area (Å²) >= 11 is 0. The highest BCUT2D eigenvalue weighted by molar-refractivity contribution is 6.24. The van der Waals surface area contributed by atoms with E-state index in [1.54, 1.807) is 49.4 Å². The van der Waals surface area contributed by atoms with E-state index in [1.807, 2.05) is 6.07 Å². The summed E-state index contributed by atoms with van der Waals surface area (Å²) < 4.78 is 5.03. The third kappa shape index (κ3) is 3.87. The number of hydroxylamine groups is 1. The highest BCUT2D eigenvalue weighted by Crippen LogP contribution is 2.48. The van der Waals surface area contributed by atoms with Crippen LogP contribution in [0.25, 0.3) is 0 Å². The molecule has 0 aromatic heterocycles. The molecular formula is C26H21N3O7. The number of fused-ring (bicyclic) bond motifs is 1. The number of benzene rings is 3. The van der Waals surface area contributed by atoms with Crippen LogP contribution in [0, 0.1) is 16.0 Å².